The summed E-state index contributed by atoms with van der Waals surface area (Å²) in [6.07, 6.45) is 0. The summed E-state index contributed by atoms with van der Waals surface area (Å²) in [5, 5.41) is 9.72. The minimum Gasteiger partial charge on any atom is -0.417 e. The Balaban J connectivity index is 1.94. The maximum atomic E-state index is 12.6. The lowest BCUT2D eigenvalue weighted by Crippen LogP contribution is -2.23. The van der Waals surface area contributed by atoms with E-state index >= 15 is 0 Å². The highest BCUT2D eigenvalue weighted by Gasteiger charge is 2.12. The fraction of sp³-hybridized carbons (Fsp3) is 0.182. The van der Waals surface area contributed by atoms with Gasteiger partial charge < -0.3 is 9.73 Å². The SMILES string of the molecule is Cc1nnc(C(=O)NCc2ccc(F)cc2)o1. The van der Waals surface area contributed by atoms with Gasteiger partial charge in [-0.3, -0.25) is 4.79 Å². The monoisotopic (exact) mass is 235 g/mol. The molecule has 0 saturated heterocycles. The van der Waals surface area contributed by atoms with Crippen LogP contribution in [-0.4, -0.2) is 16.1 Å². The van der Waals surface area contributed by atoms with E-state index in [1.165, 1.54) is 12.1 Å². The largest absolute Gasteiger partial charge is 0.417 e. The third-order valence-electron chi connectivity index (χ3n) is 2.09. The zero-order chi connectivity index (χ0) is 12.3. The van der Waals surface area contributed by atoms with Gasteiger partial charge in [-0.05, 0) is 17.7 Å². The number of hydrogen-bond donors (Lipinski definition) is 1. The van der Waals surface area contributed by atoms with Crippen LogP contribution in [-0.2, 0) is 6.54 Å². The molecule has 0 unspecified atom stereocenters. The Kier molecular flexibility index (Phi) is 3.13. The number of carbonyl (C=O) groups is 1. The second-order valence-electron chi connectivity index (χ2n) is 3.44. The van der Waals surface area contributed by atoms with E-state index in [9.17, 15) is 9.18 Å². The lowest BCUT2D eigenvalue weighted by molar-refractivity contribution is 0.0915. The second kappa shape index (κ2) is 4.73. The van der Waals surface area contributed by atoms with Crippen molar-refractivity contribution in [3.8, 4) is 0 Å². The highest BCUT2D eigenvalue weighted by atomic mass is 19.1. The van der Waals surface area contributed by atoms with Crippen molar-refractivity contribution in [1.82, 2.24) is 15.5 Å². The van der Waals surface area contributed by atoms with Gasteiger partial charge in [0.15, 0.2) is 0 Å². The molecule has 1 N–H and O–H groups in total. The van der Waals surface area contributed by atoms with Crippen molar-refractivity contribution in [3.63, 3.8) is 0 Å². The van der Waals surface area contributed by atoms with Crippen LogP contribution in [0.4, 0.5) is 4.39 Å². The van der Waals surface area contributed by atoms with Crippen LogP contribution < -0.4 is 5.32 Å². The summed E-state index contributed by atoms with van der Waals surface area (Å²) < 4.78 is 17.6. The van der Waals surface area contributed by atoms with Gasteiger partial charge in [0.2, 0.25) is 5.89 Å². The Morgan fingerprint density at radius 3 is 2.65 bits per heavy atom. The predicted molar refractivity (Wildman–Crippen MR) is 56.6 cm³/mol. The molecule has 0 aliphatic heterocycles. The number of hydrogen-bond acceptors (Lipinski definition) is 4. The maximum absolute atomic E-state index is 12.6. The number of nitrogens with one attached hydrogen (secondary N) is 1. The number of aryl methyl sites for hydroxylation is 1. The second-order valence-corrected chi connectivity index (χ2v) is 3.44. The van der Waals surface area contributed by atoms with E-state index in [4.69, 9.17) is 4.42 Å². The Hall–Kier alpha value is -2.24. The molecule has 0 atom stereocenters. The van der Waals surface area contributed by atoms with Crippen molar-refractivity contribution >= 4 is 5.91 Å². The van der Waals surface area contributed by atoms with Gasteiger partial charge in [-0.25, -0.2) is 4.39 Å². The number of carbonyl (C=O) groups excluding carboxylic acids is 1. The molecule has 0 spiro atoms. The van der Waals surface area contributed by atoms with E-state index in [0.717, 1.165) is 5.56 Å². The van der Waals surface area contributed by atoms with E-state index in [1.807, 2.05) is 0 Å². The molecule has 1 aromatic heterocycles. The van der Waals surface area contributed by atoms with Crippen LogP contribution in [0.3, 0.4) is 0 Å². The molecule has 0 aliphatic rings. The lowest BCUT2D eigenvalue weighted by atomic mass is 10.2. The molecule has 2 aromatic rings. The summed E-state index contributed by atoms with van der Waals surface area (Å²) >= 11 is 0. The molecule has 0 bridgehead atoms. The van der Waals surface area contributed by atoms with Crippen LogP contribution >= 0.6 is 0 Å². The van der Waals surface area contributed by atoms with E-state index in [-0.39, 0.29) is 18.3 Å². The van der Waals surface area contributed by atoms with Crippen LogP contribution in [0.25, 0.3) is 0 Å². The molecule has 0 saturated carbocycles. The first-order chi connectivity index (χ1) is 8.15. The third-order valence-corrected chi connectivity index (χ3v) is 2.09. The Morgan fingerprint density at radius 2 is 2.06 bits per heavy atom. The average molecular weight is 235 g/mol. The number of amides is 1. The molecule has 0 aliphatic carbocycles. The smallest absolute Gasteiger partial charge is 0.309 e. The van der Waals surface area contributed by atoms with Crippen LogP contribution in [0.2, 0.25) is 0 Å². The number of halogens is 1. The molecule has 2 rings (SSSR count). The Morgan fingerprint density at radius 1 is 1.35 bits per heavy atom. The van der Waals surface area contributed by atoms with E-state index in [0.29, 0.717) is 5.89 Å². The first kappa shape index (κ1) is 11.3. The van der Waals surface area contributed by atoms with Crippen molar-refractivity contribution in [1.29, 1.82) is 0 Å². The fourth-order valence-electron chi connectivity index (χ4n) is 1.25. The molecule has 1 aromatic carbocycles. The molecular weight excluding hydrogens is 225 g/mol. The summed E-state index contributed by atoms with van der Waals surface area (Å²) in [6, 6.07) is 5.85. The van der Waals surface area contributed by atoms with Gasteiger partial charge >= 0.3 is 11.8 Å². The van der Waals surface area contributed by atoms with Crippen molar-refractivity contribution in [2.45, 2.75) is 13.5 Å². The number of rotatable bonds is 3. The van der Waals surface area contributed by atoms with Gasteiger partial charge in [0.25, 0.3) is 0 Å². The van der Waals surface area contributed by atoms with E-state index in [1.54, 1.807) is 19.1 Å². The molecular formula is C11H10FN3O2. The summed E-state index contributed by atoms with van der Waals surface area (Å²) in [6.45, 7) is 1.88. The van der Waals surface area contributed by atoms with Crippen LogP contribution in [0.15, 0.2) is 28.7 Å². The average Bonchev–Trinajstić information content (AvgIpc) is 2.75. The fourth-order valence-corrected chi connectivity index (χ4v) is 1.25. The minimum atomic E-state index is -0.449. The zero-order valence-corrected chi connectivity index (χ0v) is 9.11. The van der Waals surface area contributed by atoms with Crippen molar-refractivity contribution in [2.75, 3.05) is 0 Å². The van der Waals surface area contributed by atoms with Gasteiger partial charge in [-0.1, -0.05) is 12.1 Å². The van der Waals surface area contributed by atoms with Crippen LogP contribution in [0.1, 0.15) is 22.1 Å². The van der Waals surface area contributed by atoms with Gasteiger partial charge in [0.05, 0.1) is 0 Å². The maximum Gasteiger partial charge on any atom is 0.309 e. The molecule has 17 heavy (non-hydrogen) atoms. The van der Waals surface area contributed by atoms with E-state index < -0.39 is 5.91 Å². The van der Waals surface area contributed by atoms with Gasteiger partial charge in [0.1, 0.15) is 5.82 Å². The molecule has 88 valence electrons. The van der Waals surface area contributed by atoms with Gasteiger partial charge in [-0.2, -0.15) is 0 Å². The highest BCUT2D eigenvalue weighted by molar-refractivity contribution is 5.89. The summed E-state index contributed by atoms with van der Waals surface area (Å²) in [5.74, 6) is -0.510. The topological polar surface area (TPSA) is 68.0 Å². The van der Waals surface area contributed by atoms with Crippen molar-refractivity contribution in [3.05, 3.63) is 47.4 Å². The van der Waals surface area contributed by atoms with Crippen molar-refractivity contribution < 1.29 is 13.6 Å². The van der Waals surface area contributed by atoms with Gasteiger partial charge in [-0.15, -0.1) is 10.2 Å². The Bertz CT molecular complexity index is 522. The number of aromatic nitrogens is 2. The quantitative estimate of drug-likeness (QED) is 0.874. The normalized spacial score (nSPS) is 10.2. The third kappa shape index (κ3) is 2.87. The molecule has 6 heteroatoms. The molecule has 5 nitrogen and oxygen atoms in total. The summed E-state index contributed by atoms with van der Waals surface area (Å²) in [5.41, 5.74) is 0.788. The molecule has 1 heterocycles. The number of nitrogens with zero attached hydrogens (tertiary/aromatic N) is 2. The van der Waals surface area contributed by atoms with E-state index in [2.05, 4.69) is 15.5 Å². The molecule has 1 amide bonds. The predicted octanol–water partition coefficient (Wildman–Crippen LogP) is 1.45. The lowest BCUT2D eigenvalue weighted by Gasteiger charge is -2.02. The zero-order valence-electron chi connectivity index (χ0n) is 9.11. The standard InChI is InChI=1S/C11H10FN3O2/c1-7-14-15-11(17-7)10(16)13-6-8-2-4-9(12)5-3-8/h2-5H,6H2,1H3,(H,13,16). The molecule has 0 fully saturated rings. The molecule has 0 radical (unpaired) electrons. The van der Waals surface area contributed by atoms with Gasteiger partial charge in [0, 0.05) is 13.5 Å². The first-order valence-corrected chi connectivity index (χ1v) is 4.98. The summed E-state index contributed by atoms with van der Waals surface area (Å²) in [4.78, 5) is 11.5. The minimum absolute atomic E-state index is 0.0791. The number of benzene rings is 1. The first-order valence-electron chi connectivity index (χ1n) is 4.98. The van der Waals surface area contributed by atoms with Crippen LogP contribution in [0.5, 0.6) is 0 Å². The Labute approximate surface area is 96.7 Å². The summed E-state index contributed by atoms with van der Waals surface area (Å²) in [7, 11) is 0. The van der Waals surface area contributed by atoms with Crippen molar-refractivity contribution in [2.24, 2.45) is 0 Å². The van der Waals surface area contributed by atoms with Crippen LogP contribution in [0, 0.1) is 12.7 Å². The highest BCUT2D eigenvalue weighted by Crippen LogP contribution is 2.03.